The number of fused-ring (bicyclic) bond motifs is 7. The van der Waals surface area contributed by atoms with Crippen LogP contribution >= 0.6 is 0 Å². The topological polar surface area (TPSA) is 114 Å². The maximum Gasteiger partial charge on any atom is 0.255 e. The van der Waals surface area contributed by atoms with Crippen molar-refractivity contribution in [1.29, 1.82) is 0 Å². The van der Waals surface area contributed by atoms with E-state index in [1.54, 1.807) is 18.3 Å². The lowest BCUT2D eigenvalue weighted by Crippen LogP contribution is -2.14. The summed E-state index contributed by atoms with van der Waals surface area (Å²) >= 11 is 0. The summed E-state index contributed by atoms with van der Waals surface area (Å²) in [5.41, 5.74) is 3.47. The van der Waals surface area contributed by atoms with Gasteiger partial charge in [0.2, 0.25) is 11.9 Å². The highest BCUT2D eigenvalue weighted by molar-refractivity contribution is 6.05. The normalized spacial score (nSPS) is 13.7. The predicted molar refractivity (Wildman–Crippen MR) is 159 cm³/mol. The van der Waals surface area contributed by atoms with Gasteiger partial charge in [-0.2, -0.15) is 0 Å². The number of carbonyl (C=O) groups excluding carboxylic acids is 2. The molecule has 212 valence electrons. The molecule has 1 aliphatic rings. The maximum atomic E-state index is 14.5. The smallest absolute Gasteiger partial charge is 0.255 e. The van der Waals surface area contributed by atoms with Crippen molar-refractivity contribution in [2.24, 2.45) is 0 Å². The highest BCUT2D eigenvalue weighted by Gasteiger charge is 2.13. The van der Waals surface area contributed by atoms with Crippen molar-refractivity contribution in [2.45, 2.75) is 13.0 Å². The third-order valence-corrected chi connectivity index (χ3v) is 6.17. The summed E-state index contributed by atoms with van der Waals surface area (Å²) < 4.78 is 26.2. The standard InChI is InChI=1S/C32H28FN5O4/c1-2-30(39)37-29-10-9-23(18-27(29)33)31(40)35-24-15-21-16-25(19-24)36-32-34-12-11-28(38-32)22-7-6-8-26(17-22)42-14-5-3-4-13-41-20-21/h2-4,6-12,15-19H,1,5,13-14,20H2,(H,35,40)(H,37,39)(H,34,36,38)/b4-3+. The molecule has 3 N–H and O–H groups in total. The molecule has 0 atom stereocenters. The van der Waals surface area contributed by atoms with Crippen molar-refractivity contribution in [2.75, 3.05) is 29.2 Å². The minimum atomic E-state index is -0.746. The second kappa shape index (κ2) is 13.3. The molecule has 2 heterocycles. The van der Waals surface area contributed by atoms with Gasteiger partial charge in [0.15, 0.2) is 0 Å². The van der Waals surface area contributed by atoms with Gasteiger partial charge in [-0.25, -0.2) is 14.4 Å². The van der Waals surface area contributed by atoms with Gasteiger partial charge < -0.3 is 25.4 Å². The predicted octanol–water partition coefficient (Wildman–Crippen LogP) is 6.26. The molecule has 2 amide bonds. The molecular weight excluding hydrogens is 537 g/mol. The molecule has 0 spiro atoms. The van der Waals surface area contributed by atoms with Crippen LogP contribution in [-0.4, -0.2) is 35.0 Å². The quantitative estimate of drug-likeness (QED) is 0.198. The summed E-state index contributed by atoms with van der Waals surface area (Å²) in [4.78, 5) is 33.6. The lowest BCUT2D eigenvalue weighted by molar-refractivity contribution is -0.111. The van der Waals surface area contributed by atoms with Crippen LogP contribution in [0.25, 0.3) is 11.3 Å². The molecule has 4 aromatic rings. The van der Waals surface area contributed by atoms with Crippen LogP contribution in [0.1, 0.15) is 22.3 Å². The Morgan fingerprint density at radius 1 is 1.02 bits per heavy atom. The van der Waals surface area contributed by atoms with Crippen LogP contribution in [-0.2, 0) is 16.1 Å². The Hall–Kier alpha value is -5.35. The summed E-state index contributed by atoms with van der Waals surface area (Å²) in [6.07, 6.45) is 7.35. The Morgan fingerprint density at radius 2 is 1.93 bits per heavy atom. The molecular formula is C32H28FN5O4. The number of nitrogens with one attached hydrogen (secondary N) is 3. The van der Waals surface area contributed by atoms with Crippen LogP contribution < -0.4 is 20.7 Å². The zero-order valence-corrected chi connectivity index (χ0v) is 22.6. The summed E-state index contributed by atoms with van der Waals surface area (Å²) in [6, 6.07) is 18.7. The van der Waals surface area contributed by atoms with E-state index in [-0.39, 0.29) is 17.9 Å². The number of aromatic nitrogens is 2. The van der Waals surface area contributed by atoms with Crippen LogP contribution in [0.5, 0.6) is 5.75 Å². The van der Waals surface area contributed by atoms with Crippen molar-refractivity contribution >= 4 is 34.8 Å². The first kappa shape index (κ1) is 28.2. The number of ether oxygens (including phenoxy) is 2. The minimum absolute atomic E-state index is 0.0522. The maximum absolute atomic E-state index is 14.5. The second-order valence-corrected chi connectivity index (χ2v) is 9.30. The average molecular weight is 566 g/mol. The third-order valence-electron chi connectivity index (χ3n) is 6.17. The van der Waals surface area contributed by atoms with Gasteiger partial charge in [-0.1, -0.05) is 30.9 Å². The number of rotatable bonds is 4. The first-order chi connectivity index (χ1) is 20.5. The molecule has 0 unspecified atom stereocenters. The van der Waals surface area contributed by atoms with Gasteiger partial charge >= 0.3 is 0 Å². The van der Waals surface area contributed by atoms with E-state index < -0.39 is 17.6 Å². The molecule has 5 rings (SSSR count). The fourth-order valence-corrected chi connectivity index (χ4v) is 4.19. The van der Waals surface area contributed by atoms with Gasteiger partial charge in [-0.05, 0) is 72.7 Å². The Labute approximate surface area is 242 Å². The highest BCUT2D eigenvalue weighted by atomic mass is 19.1. The fourth-order valence-electron chi connectivity index (χ4n) is 4.19. The molecule has 42 heavy (non-hydrogen) atoms. The number of amides is 2. The Bertz CT molecular complexity index is 1660. The van der Waals surface area contributed by atoms with Gasteiger partial charge in [0.05, 0.1) is 31.2 Å². The van der Waals surface area contributed by atoms with Crippen molar-refractivity contribution in [3.8, 4) is 17.0 Å². The number of benzene rings is 3. The van der Waals surface area contributed by atoms with Gasteiger partial charge in [0.25, 0.3) is 5.91 Å². The number of carbonyl (C=O) groups is 2. The molecule has 9 nitrogen and oxygen atoms in total. The van der Waals surface area contributed by atoms with Crippen LogP contribution in [0.15, 0.2) is 97.7 Å². The van der Waals surface area contributed by atoms with Gasteiger partial charge in [-0.3, -0.25) is 9.59 Å². The molecule has 0 fully saturated rings. The van der Waals surface area contributed by atoms with Crippen molar-refractivity contribution < 1.29 is 23.5 Å². The number of halogens is 1. The van der Waals surface area contributed by atoms with E-state index in [0.717, 1.165) is 35.4 Å². The van der Waals surface area contributed by atoms with E-state index in [9.17, 15) is 14.0 Å². The third kappa shape index (κ3) is 7.43. The van der Waals surface area contributed by atoms with Crippen LogP contribution in [0.2, 0.25) is 0 Å². The van der Waals surface area contributed by atoms with Gasteiger partial charge in [0, 0.05) is 28.7 Å². The van der Waals surface area contributed by atoms with E-state index in [4.69, 9.17) is 9.47 Å². The summed E-state index contributed by atoms with van der Waals surface area (Å²) in [6.45, 7) is 4.54. The van der Waals surface area contributed by atoms with Crippen molar-refractivity contribution in [1.82, 2.24) is 9.97 Å². The molecule has 0 radical (unpaired) electrons. The molecule has 3 aromatic carbocycles. The summed E-state index contributed by atoms with van der Waals surface area (Å²) in [5, 5.41) is 8.38. The SMILES string of the molecule is C=CC(=O)Nc1ccc(C(=O)Nc2cc3cc(c2)Nc2nccc(n2)-c2cccc(c2)OCC/C=C/COC3)cc1F. The molecule has 6 bridgehead atoms. The van der Waals surface area contributed by atoms with Crippen molar-refractivity contribution in [3.05, 3.63) is 115 Å². The van der Waals surface area contributed by atoms with Crippen LogP contribution in [0, 0.1) is 5.82 Å². The Balaban J connectivity index is 1.42. The first-order valence-electron chi connectivity index (χ1n) is 13.2. The number of hydrogen-bond acceptors (Lipinski definition) is 7. The van der Waals surface area contributed by atoms with Gasteiger partial charge in [-0.15, -0.1) is 0 Å². The van der Waals surface area contributed by atoms with Crippen LogP contribution in [0.4, 0.5) is 27.4 Å². The van der Waals surface area contributed by atoms with E-state index in [1.165, 1.54) is 12.1 Å². The Morgan fingerprint density at radius 3 is 2.79 bits per heavy atom. The average Bonchev–Trinajstić information content (AvgIpc) is 2.99. The molecule has 0 saturated carbocycles. The molecule has 1 aromatic heterocycles. The van der Waals surface area contributed by atoms with E-state index >= 15 is 0 Å². The first-order valence-corrected chi connectivity index (χ1v) is 13.2. The second-order valence-electron chi connectivity index (χ2n) is 9.30. The van der Waals surface area contributed by atoms with E-state index in [0.29, 0.717) is 36.2 Å². The lowest BCUT2D eigenvalue weighted by atomic mass is 10.1. The number of hydrogen-bond donors (Lipinski definition) is 3. The number of anilines is 4. The summed E-state index contributed by atoms with van der Waals surface area (Å²) in [5.74, 6) is -0.727. The lowest BCUT2D eigenvalue weighted by Gasteiger charge is -2.13. The summed E-state index contributed by atoms with van der Waals surface area (Å²) in [7, 11) is 0. The monoisotopic (exact) mass is 565 g/mol. The zero-order valence-electron chi connectivity index (χ0n) is 22.6. The Kier molecular flexibility index (Phi) is 8.95. The molecule has 10 heteroatoms. The van der Waals surface area contributed by atoms with E-state index in [1.807, 2.05) is 48.6 Å². The molecule has 0 aliphatic carbocycles. The largest absolute Gasteiger partial charge is 0.493 e. The highest BCUT2D eigenvalue weighted by Crippen LogP contribution is 2.26. The van der Waals surface area contributed by atoms with Crippen molar-refractivity contribution in [3.63, 3.8) is 0 Å². The number of nitrogens with zero attached hydrogens (tertiary/aromatic N) is 2. The van der Waals surface area contributed by atoms with Gasteiger partial charge in [0.1, 0.15) is 11.6 Å². The van der Waals surface area contributed by atoms with Crippen LogP contribution in [0.3, 0.4) is 0 Å². The zero-order chi connectivity index (χ0) is 29.3. The minimum Gasteiger partial charge on any atom is -0.493 e. The molecule has 1 aliphatic heterocycles. The van der Waals surface area contributed by atoms with E-state index in [2.05, 4.69) is 32.5 Å². The molecule has 0 saturated heterocycles. The fraction of sp³-hybridized carbons (Fsp3) is 0.125.